The predicted molar refractivity (Wildman–Crippen MR) is 120 cm³/mol. The number of amides is 1. The molecule has 0 spiro atoms. The van der Waals surface area contributed by atoms with Gasteiger partial charge in [-0.3, -0.25) is 14.0 Å². The SMILES string of the molecule is Cc1cccc(-n2c(=O)c3ccccc3n3c(SCC(=O)NCCC#N)nnc23)c1C. The lowest BCUT2D eigenvalue weighted by molar-refractivity contribution is -0.118. The van der Waals surface area contributed by atoms with E-state index in [0.29, 0.717) is 28.4 Å². The normalized spacial score (nSPS) is 11.0. The van der Waals surface area contributed by atoms with Crippen LogP contribution in [0, 0.1) is 25.2 Å². The fourth-order valence-electron chi connectivity index (χ4n) is 3.41. The van der Waals surface area contributed by atoms with Gasteiger partial charge in [-0.15, -0.1) is 10.2 Å². The first kappa shape index (κ1) is 20.6. The number of aromatic nitrogens is 4. The standard InChI is InChI=1S/C22H20N6O2S/c1-14-7-5-10-17(15(14)2)27-20(30)16-8-3-4-9-18(16)28-21(27)25-26-22(28)31-13-19(29)24-12-6-11-23/h3-5,7-10H,6,12-13H2,1-2H3,(H,24,29). The molecule has 0 saturated carbocycles. The smallest absolute Gasteiger partial charge is 0.267 e. The van der Waals surface area contributed by atoms with E-state index in [0.717, 1.165) is 16.8 Å². The molecule has 0 aliphatic carbocycles. The molecule has 31 heavy (non-hydrogen) atoms. The number of nitriles is 1. The Hall–Kier alpha value is -3.64. The van der Waals surface area contributed by atoms with Gasteiger partial charge in [-0.2, -0.15) is 5.26 Å². The van der Waals surface area contributed by atoms with Crippen molar-refractivity contribution in [1.29, 1.82) is 5.26 Å². The molecule has 8 nitrogen and oxygen atoms in total. The van der Waals surface area contributed by atoms with Gasteiger partial charge in [0.25, 0.3) is 5.56 Å². The molecule has 0 aliphatic rings. The van der Waals surface area contributed by atoms with Crippen molar-refractivity contribution in [3.8, 4) is 11.8 Å². The number of hydrogen-bond donors (Lipinski definition) is 1. The summed E-state index contributed by atoms with van der Waals surface area (Å²) in [5.74, 6) is 0.331. The van der Waals surface area contributed by atoms with Crippen molar-refractivity contribution >= 4 is 34.3 Å². The number of fused-ring (bicyclic) bond motifs is 3. The second-order valence-electron chi connectivity index (χ2n) is 7.04. The lowest BCUT2D eigenvalue weighted by Crippen LogP contribution is -2.26. The number of nitrogens with zero attached hydrogens (tertiary/aromatic N) is 5. The second-order valence-corrected chi connectivity index (χ2v) is 7.98. The topological polar surface area (TPSA) is 105 Å². The Bertz CT molecular complexity index is 1400. The molecule has 0 bridgehead atoms. The highest BCUT2D eigenvalue weighted by atomic mass is 32.2. The summed E-state index contributed by atoms with van der Waals surface area (Å²) in [5, 5.41) is 20.9. The Kier molecular flexibility index (Phi) is 5.73. The van der Waals surface area contributed by atoms with Crippen LogP contribution in [0.3, 0.4) is 0 Å². The fraction of sp³-hybridized carbons (Fsp3) is 0.227. The molecular formula is C22H20N6O2S. The Balaban J connectivity index is 1.86. The minimum absolute atomic E-state index is 0.128. The van der Waals surface area contributed by atoms with Gasteiger partial charge in [0.15, 0.2) is 5.16 Å². The average molecular weight is 433 g/mol. The van der Waals surface area contributed by atoms with Crippen molar-refractivity contribution in [3.05, 3.63) is 63.9 Å². The molecule has 4 aromatic rings. The van der Waals surface area contributed by atoms with Crippen molar-refractivity contribution < 1.29 is 4.79 Å². The molecule has 1 amide bonds. The molecule has 0 atom stereocenters. The molecule has 0 saturated heterocycles. The largest absolute Gasteiger partial charge is 0.354 e. The average Bonchev–Trinajstić information content (AvgIpc) is 3.19. The van der Waals surface area contributed by atoms with Crippen LogP contribution in [-0.4, -0.2) is 37.4 Å². The van der Waals surface area contributed by atoms with Crippen molar-refractivity contribution in [3.63, 3.8) is 0 Å². The van der Waals surface area contributed by atoms with Crippen LogP contribution >= 0.6 is 11.8 Å². The van der Waals surface area contributed by atoms with Crippen LogP contribution in [0.2, 0.25) is 0 Å². The molecule has 0 unspecified atom stereocenters. The highest BCUT2D eigenvalue weighted by Gasteiger charge is 2.19. The Morgan fingerprint density at radius 2 is 1.97 bits per heavy atom. The van der Waals surface area contributed by atoms with E-state index in [9.17, 15) is 9.59 Å². The molecule has 2 aromatic carbocycles. The van der Waals surface area contributed by atoms with Gasteiger partial charge in [0, 0.05) is 6.54 Å². The van der Waals surface area contributed by atoms with E-state index in [1.165, 1.54) is 11.8 Å². The third-order valence-electron chi connectivity index (χ3n) is 5.10. The van der Waals surface area contributed by atoms with E-state index in [4.69, 9.17) is 5.26 Å². The van der Waals surface area contributed by atoms with E-state index in [-0.39, 0.29) is 23.6 Å². The number of nitrogens with one attached hydrogen (secondary N) is 1. The third-order valence-corrected chi connectivity index (χ3v) is 6.03. The Morgan fingerprint density at radius 3 is 2.77 bits per heavy atom. The number of thioether (sulfide) groups is 1. The van der Waals surface area contributed by atoms with Crippen LogP contribution in [0.4, 0.5) is 0 Å². The maximum Gasteiger partial charge on any atom is 0.267 e. The quantitative estimate of drug-likeness (QED) is 0.371. The number of para-hydroxylation sites is 1. The van der Waals surface area contributed by atoms with E-state index >= 15 is 0 Å². The number of aryl methyl sites for hydroxylation is 1. The number of carbonyl (C=O) groups excluding carboxylic acids is 1. The number of benzene rings is 2. The molecule has 2 aromatic heterocycles. The summed E-state index contributed by atoms with van der Waals surface area (Å²) in [7, 11) is 0. The van der Waals surface area contributed by atoms with Gasteiger partial charge < -0.3 is 5.32 Å². The van der Waals surface area contributed by atoms with Gasteiger partial charge in [0.1, 0.15) is 0 Å². The number of rotatable bonds is 6. The number of carbonyl (C=O) groups is 1. The first-order valence-electron chi connectivity index (χ1n) is 9.75. The molecule has 0 fully saturated rings. The van der Waals surface area contributed by atoms with Gasteiger partial charge in [0.05, 0.1) is 34.8 Å². The second kappa shape index (κ2) is 8.62. The van der Waals surface area contributed by atoms with Crippen LogP contribution < -0.4 is 10.9 Å². The first-order valence-corrected chi connectivity index (χ1v) is 10.7. The highest BCUT2D eigenvalue weighted by molar-refractivity contribution is 7.99. The van der Waals surface area contributed by atoms with Crippen molar-refractivity contribution in [2.45, 2.75) is 25.4 Å². The summed E-state index contributed by atoms with van der Waals surface area (Å²) in [6.45, 7) is 4.28. The summed E-state index contributed by atoms with van der Waals surface area (Å²) in [6, 6.07) is 15.1. The maximum atomic E-state index is 13.4. The summed E-state index contributed by atoms with van der Waals surface area (Å²) in [6.07, 6.45) is 0.261. The Labute approximate surface area is 182 Å². The first-order chi connectivity index (χ1) is 15.0. The summed E-state index contributed by atoms with van der Waals surface area (Å²) in [5.41, 5.74) is 3.31. The van der Waals surface area contributed by atoms with E-state index < -0.39 is 0 Å². The zero-order valence-electron chi connectivity index (χ0n) is 17.1. The minimum atomic E-state index is -0.191. The van der Waals surface area contributed by atoms with Gasteiger partial charge in [-0.25, -0.2) is 4.57 Å². The van der Waals surface area contributed by atoms with Crippen LogP contribution in [0.25, 0.3) is 22.4 Å². The Morgan fingerprint density at radius 1 is 1.16 bits per heavy atom. The highest BCUT2D eigenvalue weighted by Crippen LogP contribution is 2.24. The lowest BCUT2D eigenvalue weighted by atomic mass is 10.1. The van der Waals surface area contributed by atoms with Crippen LogP contribution in [0.1, 0.15) is 17.5 Å². The molecule has 0 radical (unpaired) electrons. The van der Waals surface area contributed by atoms with E-state index in [2.05, 4.69) is 15.5 Å². The molecule has 156 valence electrons. The van der Waals surface area contributed by atoms with Crippen molar-refractivity contribution in [2.75, 3.05) is 12.3 Å². The van der Waals surface area contributed by atoms with Crippen LogP contribution in [0.15, 0.2) is 52.4 Å². The molecule has 2 heterocycles. The van der Waals surface area contributed by atoms with E-state index in [1.807, 2.05) is 60.7 Å². The van der Waals surface area contributed by atoms with E-state index in [1.54, 1.807) is 10.6 Å². The van der Waals surface area contributed by atoms with Crippen LogP contribution in [-0.2, 0) is 4.79 Å². The fourth-order valence-corrected chi connectivity index (χ4v) is 4.18. The van der Waals surface area contributed by atoms with Gasteiger partial charge >= 0.3 is 0 Å². The molecular weight excluding hydrogens is 412 g/mol. The molecule has 4 rings (SSSR count). The maximum absolute atomic E-state index is 13.4. The predicted octanol–water partition coefficient (Wildman–Crippen LogP) is 2.77. The summed E-state index contributed by atoms with van der Waals surface area (Å²) in [4.78, 5) is 25.5. The monoisotopic (exact) mass is 432 g/mol. The molecule has 1 N–H and O–H groups in total. The molecule has 0 aliphatic heterocycles. The van der Waals surface area contributed by atoms with Crippen LogP contribution in [0.5, 0.6) is 0 Å². The van der Waals surface area contributed by atoms with Gasteiger partial charge in [-0.05, 0) is 43.2 Å². The molecule has 9 heteroatoms. The van der Waals surface area contributed by atoms with Crippen molar-refractivity contribution in [1.82, 2.24) is 24.5 Å². The lowest BCUT2D eigenvalue weighted by Gasteiger charge is -2.14. The zero-order valence-corrected chi connectivity index (χ0v) is 17.9. The third kappa shape index (κ3) is 3.78. The summed E-state index contributed by atoms with van der Waals surface area (Å²) >= 11 is 1.23. The van der Waals surface area contributed by atoms with Gasteiger partial charge in [-0.1, -0.05) is 36.0 Å². The van der Waals surface area contributed by atoms with Gasteiger partial charge in [0.2, 0.25) is 11.7 Å². The van der Waals surface area contributed by atoms with Crippen molar-refractivity contribution in [2.24, 2.45) is 0 Å². The summed E-state index contributed by atoms with van der Waals surface area (Å²) < 4.78 is 3.39. The minimum Gasteiger partial charge on any atom is -0.354 e. The number of hydrogen-bond acceptors (Lipinski definition) is 6. The zero-order chi connectivity index (χ0) is 22.0.